The van der Waals surface area contributed by atoms with Crippen molar-refractivity contribution in [3.05, 3.63) is 29.3 Å². The Kier molecular flexibility index (Phi) is 4.97. The quantitative estimate of drug-likeness (QED) is 0.793. The lowest BCUT2D eigenvalue weighted by atomic mass is 10.0. The van der Waals surface area contributed by atoms with Crippen LogP contribution in [0.1, 0.15) is 30.5 Å². The Bertz CT molecular complexity index is 390. The molecule has 0 saturated carbocycles. The third-order valence-electron chi connectivity index (χ3n) is 2.73. The van der Waals surface area contributed by atoms with Crippen molar-refractivity contribution >= 4 is 5.97 Å². The SMILES string of the molecule is CCc1cc(C(N)CC(=O)OC)ccc1OC. The zero-order chi connectivity index (χ0) is 12.8. The van der Waals surface area contributed by atoms with Gasteiger partial charge in [0.2, 0.25) is 0 Å². The maximum atomic E-state index is 11.1. The molecule has 4 nitrogen and oxygen atoms in total. The van der Waals surface area contributed by atoms with Gasteiger partial charge in [-0.25, -0.2) is 0 Å². The molecule has 0 aromatic heterocycles. The Labute approximate surface area is 102 Å². The van der Waals surface area contributed by atoms with Crippen LogP contribution >= 0.6 is 0 Å². The molecule has 94 valence electrons. The summed E-state index contributed by atoms with van der Waals surface area (Å²) >= 11 is 0. The van der Waals surface area contributed by atoms with E-state index < -0.39 is 0 Å². The number of ether oxygens (including phenoxy) is 2. The minimum atomic E-state index is -0.335. The number of methoxy groups -OCH3 is 2. The third kappa shape index (κ3) is 3.46. The number of hydrogen-bond donors (Lipinski definition) is 1. The summed E-state index contributed by atoms with van der Waals surface area (Å²) in [5, 5.41) is 0. The molecule has 1 atom stereocenters. The predicted molar refractivity (Wildman–Crippen MR) is 65.9 cm³/mol. The van der Waals surface area contributed by atoms with Crippen molar-refractivity contribution in [2.24, 2.45) is 5.73 Å². The molecule has 0 bridgehead atoms. The maximum absolute atomic E-state index is 11.1. The van der Waals surface area contributed by atoms with Crippen LogP contribution in [0.3, 0.4) is 0 Å². The monoisotopic (exact) mass is 237 g/mol. The molecule has 2 N–H and O–H groups in total. The highest BCUT2D eigenvalue weighted by molar-refractivity contribution is 5.70. The normalized spacial score (nSPS) is 12.0. The van der Waals surface area contributed by atoms with Gasteiger partial charge in [0.05, 0.1) is 20.6 Å². The van der Waals surface area contributed by atoms with Crippen molar-refractivity contribution in [3.8, 4) is 5.75 Å². The van der Waals surface area contributed by atoms with Crippen LogP contribution in [0, 0.1) is 0 Å². The fraction of sp³-hybridized carbons (Fsp3) is 0.462. The van der Waals surface area contributed by atoms with Gasteiger partial charge in [0.25, 0.3) is 0 Å². The number of hydrogen-bond acceptors (Lipinski definition) is 4. The third-order valence-corrected chi connectivity index (χ3v) is 2.73. The number of rotatable bonds is 5. The van der Waals surface area contributed by atoms with E-state index in [1.165, 1.54) is 7.11 Å². The Morgan fingerprint density at radius 1 is 1.41 bits per heavy atom. The molecule has 4 heteroatoms. The van der Waals surface area contributed by atoms with Gasteiger partial charge in [0, 0.05) is 6.04 Å². The van der Waals surface area contributed by atoms with Crippen LogP contribution < -0.4 is 10.5 Å². The second kappa shape index (κ2) is 6.25. The molecule has 1 aromatic rings. The summed E-state index contributed by atoms with van der Waals surface area (Å²) in [7, 11) is 3.00. The molecule has 0 spiro atoms. The predicted octanol–water partition coefficient (Wildman–Crippen LogP) is 1.82. The first-order chi connectivity index (χ1) is 8.12. The summed E-state index contributed by atoms with van der Waals surface area (Å²) in [6, 6.07) is 5.40. The lowest BCUT2D eigenvalue weighted by Gasteiger charge is -2.14. The minimum Gasteiger partial charge on any atom is -0.496 e. The van der Waals surface area contributed by atoms with E-state index in [1.54, 1.807) is 7.11 Å². The molecule has 0 aliphatic heterocycles. The summed E-state index contributed by atoms with van der Waals surface area (Å²) < 4.78 is 9.84. The van der Waals surface area contributed by atoms with Crippen LogP contribution in [0.5, 0.6) is 5.75 Å². The number of aryl methyl sites for hydroxylation is 1. The molecule has 0 radical (unpaired) electrons. The summed E-state index contributed by atoms with van der Waals surface area (Å²) in [6.45, 7) is 2.05. The fourth-order valence-corrected chi connectivity index (χ4v) is 1.69. The van der Waals surface area contributed by atoms with Crippen molar-refractivity contribution in [3.63, 3.8) is 0 Å². The van der Waals surface area contributed by atoms with Gasteiger partial charge in [-0.2, -0.15) is 0 Å². The van der Waals surface area contributed by atoms with Gasteiger partial charge in [-0.1, -0.05) is 19.1 Å². The van der Waals surface area contributed by atoms with E-state index in [4.69, 9.17) is 10.5 Å². The second-order valence-corrected chi connectivity index (χ2v) is 3.81. The fourth-order valence-electron chi connectivity index (χ4n) is 1.69. The Balaban J connectivity index is 2.87. The van der Waals surface area contributed by atoms with Gasteiger partial charge in [-0.05, 0) is 23.6 Å². The molecule has 0 aliphatic rings. The van der Waals surface area contributed by atoms with E-state index in [0.717, 1.165) is 23.3 Å². The molecule has 0 aliphatic carbocycles. The zero-order valence-corrected chi connectivity index (χ0v) is 10.5. The van der Waals surface area contributed by atoms with Crippen molar-refractivity contribution in [1.82, 2.24) is 0 Å². The lowest BCUT2D eigenvalue weighted by molar-refractivity contribution is -0.141. The van der Waals surface area contributed by atoms with E-state index in [0.29, 0.717) is 0 Å². The molecule has 1 aromatic carbocycles. The Hall–Kier alpha value is -1.55. The molecular formula is C13H19NO3. The van der Waals surface area contributed by atoms with Gasteiger partial charge in [-0.3, -0.25) is 4.79 Å². The molecule has 17 heavy (non-hydrogen) atoms. The first-order valence-electron chi connectivity index (χ1n) is 5.61. The average molecular weight is 237 g/mol. The first-order valence-corrected chi connectivity index (χ1v) is 5.61. The van der Waals surface area contributed by atoms with Crippen LogP contribution in [-0.4, -0.2) is 20.2 Å². The molecular weight excluding hydrogens is 218 g/mol. The van der Waals surface area contributed by atoms with Gasteiger partial charge < -0.3 is 15.2 Å². The van der Waals surface area contributed by atoms with E-state index in [-0.39, 0.29) is 18.4 Å². The molecule has 0 heterocycles. The van der Waals surface area contributed by atoms with Crippen LogP contribution in [0.2, 0.25) is 0 Å². The minimum absolute atomic E-state index is 0.186. The lowest BCUT2D eigenvalue weighted by Crippen LogP contribution is -2.16. The van der Waals surface area contributed by atoms with Crippen molar-refractivity contribution in [2.75, 3.05) is 14.2 Å². The van der Waals surface area contributed by atoms with E-state index in [1.807, 2.05) is 25.1 Å². The van der Waals surface area contributed by atoms with Crippen LogP contribution in [0.15, 0.2) is 18.2 Å². The Morgan fingerprint density at radius 3 is 2.65 bits per heavy atom. The molecule has 0 amide bonds. The highest BCUT2D eigenvalue weighted by Crippen LogP contribution is 2.24. The molecule has 1 unspecified atom stereocenters. The van der Waals surface area contributed by atoms with E-state index in [9.17, 15) is 4.79 Å². The van der Waals surface area contributed by atoms with Crippen molar-refractivity contribution in [2.45, 2.75) is 25.8 Å². The van der Waals surface area contributed by atoms with Gasteiger partial charge in [0.15, 0.2) is 0 Å². The largest absolute Gasteiger partial charge is 0.496 e. The number of benzene rings is 1. The molecule has 1 rings (SSSR count). The standard InChI is InChI=1S/C13H19NO3/c1-4-9-7-10(5-6-12(9)16-2)11(14)8-13(15)17-3/h5-7,11H,4,8,14H2,1-3H3. The first kappa shape index (κ1) is 13.5. The van der Waals surface area contributed by atoms with Crippen LogP contribution in [0.25, 0.3) is 0 Å². The number of nitrogens with two attached hydrogens (primary N) is 1. The van der Waals surface area contributed by atoms with Crippen LogP contribution in [-0.2, 0) is 16.0 Å². The molecule has 0 saturated heterocycles. The van der Waals surface area contributed by atoms with Crippen molar-refractivity contribution in [1.29, 1.82) is 0 Å². The van der Waals surface area contributed by atoms with Crippen molar-refractivity contribution < 1.29 is 14.3 Å². The highest BCUT2D eigenvalue weighted by Gasteiger charge is 2.13. The molecule has 0 fully saturated rings. The topological polar surface area (TPSA) is 61.6 Å². The number of esters is 1. The highest BCUT2D eigenvalue weighted by atomic mass is 16.5. The summed E-state index contributed by atoms with van der Waals surface area (Å²) in [6.07, 6.45) is 1.05. The number of carbonyl (C=O) groups excluding carboxylic acids is 1. The summed E-state index contributed by atoms with van der Waals surface area (Å²) in [5.74, 6) is 0.549. The summed E-state index contributed by atoms with van der Waals surface area (Å²) in [4.78, 5) is 11.1. The van der Waals surface area contributed by atoms with Gasteiger partial charge in [-0.15, -0.1) is 0 Å². The zero-order valence-electron chi connectivity index (χ0n) is 10.5. The smallest absolute Gasteiger partial charge is 0.307 e. The summed E-state index contributed by atoms with van der Waals surface area (Å²) in [5.41, 5.74) is 7.96. The second-order valence-electron chi connectivity index (χ2n) is 3.81. The van der Waals surface area contributed by atoms with Crippen LogP contribution in [0.4, 0.5) is 0 Å². The van der Waals surface area contributed by atoms with Gasteiger partial charge in [0.1, 0.15) is 5.75 Å². The number of carbonyl (C=O) groups is 1. The van der Waals surface area contributed by atoms with Gasteiger partial charge >= 0.3 is 5.97 Å². The maximum Gasteiger partial charge on any atom is 0.307 e. The Morgan fingerprint density at radius 2 is 2.12 bits per heavy atom. The average Bonchev–Trinajstić information content (AvgIpc) is 2.37. The van der Waals surface area contributed by atoms with E-state index >= 15 is 0 Å². The van der Waals surface area contributed by atoms with E-state index in [2.05, 4.69) is 4.74 Å².